The first-order chi connectivity index (χ1) is 17.9. The molecule has 37 heavy (non-hydrogen) atoms. The molecule has 0 N–H and O–H groups in total. The van der Waals surface area contributed by atoms with Crippen molar-refractivity contribution in [2.24, 2.45) is 0 Å². The monoisotopic (exact) mass is 540 g/mol. The second-order valence-corrected chi connectivity index (χ2v) is 11.4. The summed E-state index contributed by atoms with van der Waals surface area (Å²) in [5.74, 6) is 0.519. The van der Waals surface area contributed by atoms with Crippen LogP contribution in [0.2, 0.25) is 5.02 Å². The fourth-order valence-corrected chi connectivity index (χ4v) is 6.17. The van der Waals surface area contributed by atoms with Gasteiger partial charge in [0, 0.05) is 42.5 Å². The Morgan fingerprint density at radius 1 is 1.00 bits per heavy atom. The van der Waals surface area contributed by atoms with Crippen LogP contribution in [-0.4, -0.2) is 53.0 Å². The first kappa shape index (κ1) is 25.7. The Labute approximate surface area is 221 Å². The molecule has 4 aromatic rings. The lowest BCUT2D eigenvalue weighted by atomic mass is 10.1. The number of aryl methyl sites for hydroxylation is 1. The predicted octanol–water partition coefficient (Wildman–Crippen LogP) is 4.69. The first-order valence-corrected chi connectivity index (χ1v) is 14.3. The van der Waals surface area contributed by atoms with E-state index in [0.717, 1.165) is 24.8 Å². The Hall–Kier alpha value is -2.98. The van der Waals surface area contributed by atoms with Crippen LogP contribution < -0.4 is 5.56 Å². The maximum atomic E-state index is 13.3. The van der Waals surface area contributed by atoms with Crippen LogP contribution in [0.4, 0.5) is 0 Å². The number of hydrogen-bond donors (Lipinski definition) is 0. The van der Waals surface area contributed by atoms with Gasteiger partial charge in [0.1, 0.15) is 0 Å². The third-order valence-electron chi connectivity index (χ3n) is 6.58. The Morgan fingerprint density at radius 2 is 1.76 bits per heavy atom. The topological polar surface area (TPSA) is 85.9 Å². The van der Waals surface area contributed by atoms with Crippen LogP contribution in [0.15, 0.2) is 70.5 Å². The Morgan fingerprint density at radius 3 is 2.49 bits per heavy atom. The van der Waals surface area contributed by atoms with Crippen LogP contribution in [0.25, 0.3) is 28.3 Å². The van der Waals surface area contributed by atoms with Crippen LogP contribution in [-0.2, 0) is 21.3 Å². The molecule has 1 aliphatic heterocycles. The molecule has 1 saturated heterocycles. The quantitative estimate of drug-likeness (QED) is 0.302. The maximum Gasteiger partial charge on any atom is 0.259 e. The van der Waals surface area contributed by atoms with Crippen molar-refractivity contribution in [2.75, 3.05) is 26.3 Å². The van der Waals surface area contributed by atoms with E-state index in [1.54, 1.807) is 47.0 Å². The lowest BCUT2D eigenvalue weighted by Gasteiger charge is -2.26. The van der Waals surface area contributed by atoms with E-state index in [4.69, 9.17) is 21.3 Å². The molecule has 2 aromatic heterocycles. The summed E-state index contributed by atoms with van der Waals surface area (Å²) in [6, 6.07) is 15.7. The molecule has 0 aliphatic carbocycles. The number of benzene rings is 2. The smallest absolute Gasteiger partial charge is 0.259 e. The van der Waals surface area contributed by atoms with Crippen LogP contribution >= 0.6 is 11.6 Å². The predicted molar refractivity (Wildman–Crippen MR) is 144 cm³/mol. The normalized spacial score (nSPS) is 14.9. The lowest BCUT2D eigenvalue weighted by molar-refractivity contribution is 0.0730. The average molecular weight is 541 g/mol. The number of halogens is 1. The highest BCUT2D eigenvalue weighted by Gasteiger charge is 2.27. The van der Waals surface area contributed by atoms with E-state index in [2.05, 4.69) is 6.92 Å². The van der Waals surface area contributed by atoms with Crippen LogP contribution in [0.3, 0.4) is 0 Å². The summed E-state index contributed by atoms with van der Waals surface area (Å²) in [7, 11) is -3.68. The van der Waals surface area contributed by atoms with Crippen molar-refractivity contribution < 1.29 is 13.2 Å². The fourth-order valence-electron chi connectivity index (χ4n) is 4.59. The van der Waals surface area contributed by atoms with Crippen molar-refractivity contribution in [3.8, 4) is 22.5 Å². The van der Waals surface area contributed by atoms with E-state index >= 15 is 0 Å². The highest BCUT2D eigenvalue weighted by molar-refractivity contribution is 7.89. The van der Waals surface area contributed by atoms with Gasteiger partial charge in [0.2, 0.25) is 15.8 Å². The number of hydrogen-bond acceptors (Lipinski definition) is 5. The molecule has 0 radical (unpaired) electrons. The molecule has 10 heteroatoms. The summed E-state index contributed by atoms with van der Waals surface area (Å²) >= 11 is 6.05. The van der Waals surface area contributed by atoms with Crippen molar-refractivity contribution >= 4 is 27.4 Å². The van der Waals surface area contributed by atoms with E-state index in [1.165, 1.54) is 4.31 Å². The van der Waals surface area contributed by atoms with Gasteiger partial charge in [0.15, 0.2) is 0 Å². The van der Waals surface area contributed by atoms with Gasteiger partial charge in [0.05, 0.1) is 29.5 Å². The molecule has 0 atom stereocenters. The van der Waals surface area contributed by atoms with E-state index < -0.39 is 10.0 Å². The molecule has 1 aliphatic rings. The minimum absolute atomic E-state index is 0.199. The van der Waals surface area contributed by atoms with Crippen molar-refractivity contribution in [3.63, 3.8) is 0 Å². The van der Waals surface area contributed by atoms with E-state index in [-0.39, 0.29) is 10.5 Å². The van der Waals surface area contributed by atoms with E-state index in [0.29, 0.717) is 60.6 Å². The number of nitrogens with zero attached hydrogens (tertiary/aromatic N) is 4. The van der Waals surface area contributed by atoms with Gasteiger partial charge in [-0.2, -0.15) is 4.31 Å². The molecule has 3 heterocycles. The van der Waals surface area contributed by atoms with Crippen molar-refractivity contribution in [3.05, 3.63) is 76.2 Å². The maximum absolute atomic E-state index is 13.3. The zero-order valence-electron chi connectivity index (χ0n) is 20.6. The Kier molecular flexibility index (Phi) is 7.48. The molecule has 0 amide bonds. The second-order valence-electron chi connectivity index (χ2n) is 9.07. The molecule has 194 valence electrons. The van der Waals surface area contributed by atoms with Gasteiger partial charge in [0.25, 0.3) is 5.56 Å². The molecule has 0 saturated carbocycles. The second kappa shape index (κ2) is 10.8. The molecular weight excluding hydrogens is 512 g/mol. The highest BCUT2D eigenvalue weighted by atomic mass is 35.5. The van der Waals surface area contributed by atoms with Gasteiger partial charge in [-0.15, -0.1) is 0 Å². The van der Waals surface area contributed by atoms with E-state index in [1.807, 2.05) is 22.8 Å². The Bertz CT molecular complexity index is 1570. The zero-order chi connectivity index (χ0) is 26.0. The van der Waals surface area contributed by atoms with Crippen molar-refractivity contribution in [2.45, 2.75) is 37.6 Å². The summed E-state index contributed by atoms with van der Waals surface area (Å²) in [5.41, 5.74) is 2.58. The largest absolute Gasteiger partial charge is 0.379 e. The van der Waals surface area contributed by atoms with Gasteiger partial charge < -0.3 is 9.30 Å². The summed E-state index contributed by atoms with van der Waals surface area (Å²) in [6.07, 6.45) is 4.70. The van der Waals surface area contributed by atoms with Crippen LogP contribution in [0.1, 0.15) is 26.2 Å². The summed E-state index contributed by atoms with van der Waals surface area (Å²) in [6.45, 7) is 4.18. The summed E-state index contributed by atoms with van der Waals surface area (Å²) < 4.78 is 36.9. The third-order valence-corrected chi connectivity index (χ3v) is 8.73. The standard InChI is InChI=1S/C27H29ClN4O4S/c1-2-3-4-12-31-25(21-6-5-7-23(17-21)37(34,35)30-13-15-36-16-14-30)18-26(33)32-19-24(29-27(31)32)20-8-10-22(28)11-9-20/h5-11,17-19H,2-4,12-16H2,1H3. The minimum atomic E-state index is -3.68. The van der Waals surface area contributed by atoms with Gasteiger partial charge in [-0.1, -0.05) is 55.6 Å². The van der Waals surface area contributed by atoms with Gasteiger partial charge in [-0.05, 0) is 36.2 Å². The number of sulfonamides is 1. The minimum Gasteiger partial charge on any atom is -0.379 e. The summed E-state index contributed by atoms with van der Waals surface area (Å²) in [5, 5.41) is 0.626. The molecule has 8 nitrogen and oxygen atoms in total. The first-order valence-electron chi connectivity index (χ1n) is 12.5. The zero-order valence-corrected chi connectivity index (χ0v) is 22.2. The number of fused-ring (bicyclic) bond motifs is 1. The average Bonchev–Trinajstić information content (AvgIpc) is 3.37. The van der Waals surface area contributed by atoms with Gasteiger partial charge in [-0.3, -0.25) is 9.20 Å². The molecule has 1 fully saturated rings. The number of imidazole rings is 1. The third kappa shape index (κ3) is 5.22. The SMILES string of the molecule is CCCCCn1c(-c2cccc(S(=O)(=O)N3CCOCC3)c2)cc(=O)n2cc(-c3ccc(Cl)cc3)nc12. The lowest BCUT2D eigenvalue weighted by Crippen LogP contribution is -2.40. The molecular formula is C27H29ClN4O4S. The molecule has 0 unspecified atom stereocenters. The van der Waals surface area contributed by atoms with Crippen molar-refractivity contribution in [1.29, 1.82) is 0 Å². The highest BCUT2D eigenvalue weighted by Crippen LogP contribution is 2.27. The molecule has 5 rings (SSSR count). The van der Waals surface area contributed by atoms with Crippen LogP contribution in [0, 0.1) is 0 Å². The number of unbranched alkanes of at least 4 members (excludes halogenated alkanes) is 2. The molecule has 0 spiro atoms. The number of ether oxygens (including phenoxy) is 1. The van der Waals surface area contributed by atoms with Gasteiger partial charge in [-0.25, -0.2) is 13.4 Å². The van der Waals surface area contributed by atoms with Gasteiger partial charge >= 0.3 is 0 Å². The number of morpholine rings is 1. The Balaban J connectivity index is 1.63. The molecule has 2 aromatic carbocycles. The molecule has 0 bridgehead atoms. The summed E-state index contributed by atoms with van der Waals surface area (Å²) in [4.78, 5) is 18.3. The number of rotatable bonds is 8. The van der Waals surface area contributed by atoms with Crippen molar-refractivity contribution in [1.82, 2.24) is 18.3 Å². The fraction of sp³-hybridized carbons (Fsp3) is 0.333. The van der Waals surface area contributed by atoms with Crippen LogP contribution in [0.5, 0.6) is 0 Å². The number of aromatic nitrogens is 3. The van der Waals surface area contributed by atoms with E-state index in [9.17, 15) is 13.2 Å².